The summed E-state index contributed by atoms with van der Waals surface area (Å²) in [5, 5.41) is 0.115. The molecule has 0 rings (SSSR count). The molecule has 0 radical (unpaired) electrons. The van der Waals surface area contributed by atoms with Crippen molar-refractivity contribution in [2.24, 2.45) is 11.8 Å². The molecule has 0 bridgehead atoms. The van der Waals surface area contributed by atoms with Crippen LogP contribution in [0, 0.1) is 11.8 Å². The highest BCUT2D eigenvalue weighted by Gasteiger charge is 2.42. The molecule has 5 heteroatoms. The van der Waals surface area contributed by atoms with Gasteiger partial charge < -0.3 is 13.9 Å². The Bertz CT molecular complexity index is 533. The molecule has 0 aliphatic carbocycles. The van der Waals surface area contributed by atoms with E-state index in [9.17, 15) is 4.79 Å². The summed E-state index contributed by atoms with van der Waals surface area (Å²) in [6.45, 7) is 23.5. The van der Waals surface area contributed by atoms with E-state index in [0.717, 1.165) is 19.3 Å². The number of esters is 1. The molecule has 0 spiro atoms. The van der Waals surface area contributed by atoms with Gasteiger partial charge in [0.1, 0.15) is 6.10 Å². The first-order chi connectivity index (χ1) is 13.4. The number of hydrogen-bond acceptors (Lipinski definition) is 4. The van der Waals surface area contributed by atoms with Crippen LogP contribution in [0.15, 0.2) is 37.5 Å². The van der Waals surface area contributed by atoms with Gasteiger partial charge in [-0.1, -0.05) is 52.8 Å². The third-order valence-corrected chi connectivity index (χ3v) is 10.2. The van der Waals surface area contributed by atoms with Crippen LogP contribution in [0.4, 0.5) is 0 Å². The molecule has 4 nitrogen and oxygen atoms in total. The highest BCUT2D eigenvalue weighted by molar-refractivity contribution is 6.74. The van der Waals surface area contributed by atoms with Crippen LogP contribution in [0.2, 0.25) is 18.1 Å². The number of allylic oxidation sites excluding steroid dienone is 2. The van der Waals surface area contributed by atoms with Crippen LogP contribution in [0.25, 0.3) is 0 Å². The minimum atomic E-state index is -1.96. The molecule has 0 aromatic rings. The first-order valence-electron chi connectivity index (χ1n) is 10.7. The summed E-state index contributed by atoms with van der Waals surface area (Å²) in [4.78, 5) is 11.8. The molecule has 0 aliphatic rings. The standard InChI is InChI=1S/C24H44O4Si/c1-11-13-14-15-16-22(25)27-18-19(3)17-20(4)23(21(12-2)26-8)28-29(9,10)24(5,6)7/h11-12,15-16,19-21,23H,1-2,13-14,17-18H2,3-10H3/t19?,20-,21+,23+/m1/s1. The van der Waals surface area contributed by atoms with Crippen LogP contribution in [-0.4, -0.2) is 40.2 Å². The molecule has 0 amide bonds. The van der Waals surface area contributed by atoms with Gasteiger partial charge in [0.25, 0.3) is 0 Å². The maximum absolute atomic E-state index is 11.8. The second kappa shape index (κ2) is 13.2. The van der Waals surface area contributed by atoms with Gasteiger partial charge in [0.2, 0.25) is 0 Å². The van der Waals surface area contributed by atoms with E-state index in [1.807, 2.05) is 18.2 Å². The Morgan fingerprint density at radius 2 is 1.76 bits per heavy atom. The van der Waals surface area contributed by atoms with Crippen molar-refractivity contribution in [1.29, 1.82) is 0 Å². The summed E-state index contributed by atoms with van der Waals surface area (Å²) < 4.78 is 17.8. The summed E-state index contributed by atoms with van der Waals surface area (Å²) in [6, 6.07) is 0. The molecule has 4 atom stereocenters. The number of unbranched alkanes of at least 4 members (excludes halogenated alkanes) is 1. The van der Waals surface area contributed by atoms with Crippen molar-refractivity contribution in [2.45, 2.75) is 84.2 Å². The van der Waals surface area contributed by atoms with Crippen LogP contribution in [0.5, 0.6) is 0 Å². The molecular formula is C24H44O4Si. The van der Waals surface area contributed by atoms with E-state index >= 15 is 0 Å². The highest BCUT2D eigenvalue weighted by atomic mass is 28.4. The van der Waals surface area contributed by atoms with Gasteiger partial charge in [-0.3, -0.25) is 0 Å². The molecule has 29 heavy (non-hydrogen) atoms. The van der Waals surface area contributed by atoms with Crippen LogP contribution in [0.3, 0.4) is 0 Å². The third-order valence-electron chi connectivity index (χ3n) is 5.70. The van der Waals surface area contributed by atoms with Gasteiger partial charge in [0.15, 0.2) is 8.32 Å². The lowest BCUT2D eigenvalue weighted by Crippen LogP contribution is -2.49. The fourth-order valence-corrected chi connectivity index (χ4v) is 4.29. The molecule has 0 aliphatic heterocycles. The van der Waals surface area contributed by atoms with Crippen molar-refractivity contribution in [3.63, 3.8) is 0 Å². The minimum absolute atomic E-state index is 0.0738. The van der Waals surface area contributed by atoms with E-state index in [1.165, 1.54) is 6.08 Å². The Morgan fingerprint density at radius 3 is 2.24 bits per heavy atom. The molecule has 0 aromatic carbocycles. The van der Waals surface area contributed by atoms with Gasteiger partial charge in [0.05, 0.1) is 12.7 Å². The summed E-state index contributed by atoms with van der Waals surface area (Å²) in [5.41, 5.74) is 0. The predicted molar refractivity (Wildman–Crippen MR) is 126 cm³/mol. The van der Waals surface area contributed by atoms with Gasteiger partial charge in [-0.05, 0) is 49.2 Å². The molecule has 0 saturated heterocycles. The SMILES string of the molecule is C=CCCC=CC(=O)OCC(C)C[C@@H](C)[C@H](O[Si](C)(C)C(C)(C)C)[C@H](C=C)OC. The zero-order valence-electron chi connectivity index (χ0n) is 20.0. The average Bonchev–Trinajstić information content (AvgIpc) is 2.62. The van der Waals surface area contributed by atoms with E-state index in [-0.39, 0.29) is 35.1 Å². The summed E-state index contributed by atoms with van der Waals surface area (Å²) in [5.74, 6) is 0.177. The van der Waals surface area contributed by atoms with Crippen LogP contribution in [-0.2, 0) is 18.7 Å². The van der Waals surface area contributed by atoms with E-state index in [1.54, 1.807) is 7.11 Å². The number of carbonyl (C=O) groups excluding carboxylic acids is 1. The zero-order valence-corrected chi connectivity index (χ0v) is 21.0. The normalized spacial score (nSPS) is 16.8. The fourth-order valence-electron chi connectivity index (χ4n) is 2.89. The lowest BCUT2D eigenvalue weighted by atomic mass is 9.90. The zero-order chi connectivity index (χ0) is 22.7. The number of methoxy groups -OCH3 is 1. The quantitative estimate of drug-likeness (QED) is 0.108. The van der Waals surface area contributed by atoms with E-state index in [4.69, 9.17) is 13.9 Å². The Labute approximate surface area is 180 Å². The second-order valence-corrected chi connectivity index (χ2v) is 14.3. The Hall–Kier alpha value is -1.17. The summed E-state index contributed by atoms with van der Waals surface area (Å²) >= 11 is 0. The van der Waals surface area contributed by atoms with Crippen LogP contribution >= 0.6 is 0 Å². The van der Waals surface area contributed by atoms with Crippen molar-refractivity contribution in [1.82, 2.24) is 0 Å². The number of hydrogen-bond donors (Lipinski definition) is 0. The van der Waals surface area contributed by atoms with Gasteiger partial charge in [-0.2, -0.15) is 0 Å². The van der Waals surface area contributed by atoms with Crippen molar-refractivity contribution < 1.29 is 18.7 Å². The van der Waals surface area contributed by atoms with Crippen molar-refractivity contribution in [3.05, 3.63) is 37.5 Å². The van der Waals surface area contributed by atoms with E-state index in [0.29, 0.717) is 6.61 Å². The Morgan fingerprint density at radius 1 is 1.14 bits per heavy atom. The summed E-state index contributed by atoms with van der Waals surface area (Å²) in [7, 11) is -0.265. The number of ether oxygens (including phenoxy) is 2. The number of carbonyl (C=O) groups is 1. The van der Waals surface area contributed by atoms with Crippen LogP contribution in [0.1, 0.15) is 53.9 Å². The van der Waals surface area contributed by atoms with E-state index < -0.39 is 8.32 Å². The van der Waals surface area contributed by atoms with E-state index in [2.05, 4.69) is 60.9 Å². The predicted octanol–water partition coefficient (Wildman–Crippen LogP) is 6.31. The summed E-state index contributed by atoms with van der Waals surface area (Å²) in [6.07, 6.45) is 9.28. The lowest BCUT2D eigenvalue weighted by Gasteiger charge is -2.43. The number of rotatable bonds is 14. The molecule has 0 fully saturated rings. The fraction of sp³-hybridized carbons (Fsp3) is 0.708. The second-order valence-electron chi connectivity index (χ2n) is 9.50. The first-order valence-corrected chi connectivity index (χ1v) is 13.6. The Balaban J connectivity index is 4.93. The van der Waals surface area contributed by atoms with Crippen LogP contribution < -0.4 is 0 Å². The molecule has 1 unspecified atom stereocenters. The highest BCUT2D eigenvalue weighted by Crippen LogP contribution is 2.39. The lowest BCUT2D eigenvalue weighted by molar-refractivity contribution is -0.139. The molecule has 0 N–H and O–H groups in total. The first kappa shape index (κ1) is 27.8. The molecular weight excluding hydrogens is 380 g/mol. The maximum Gasteiger partial charge on any atom is 0.330 e. The van der Waals surface area contributed by atoms with Crippen molar-refractivity contribution in [3.8, 4) is 0 Å². The van der Waals surface area contributed by atoms with Gasteiger partial charge in [-0.15, -0.1) is 13.2 Å². The minimum Gasteiger partial charge on any atom is -0.462 e. The van der Waals surface area contributed by atoms with Crippen molar-refractivity contribution in [2.75, 3.05) is 13.7 Å². The molecule has 168 valence electrons. The molecule has 0 aromatic heterocycles. The monoisotopic (exact) mass is 424 g/mol. The van der Waals surface area contributed by atoms with Crippen molar-refractivity contribution >= 4 is 14.3 Å². The Kier molecular flexibility index (Phi) is 12.7. The maximum atomic E-state index is 11.8. The molecule has 0 heterocycles. The largest absolute Gasteiger partial charge is 0.462 e. The topological polar surface area (TPSA) is 44.8 Å². The molecule has 0 saturated carbocycles. The average molecular weight is 425 g/mol. The van der Waals surface area contributed by atoms with Gasteiger partial charge >= 0.3 is 5.97 Å². The van der Waals surface area contributed by atoms with Gasteiger partial charge in [-0.25, -0.2) is 4.79 Å². The van der Waals surface area contributed by atoms with Gasteiger partial charge in [0, 0.05) is 13.2 Å². The smallest absolute Gasteiger partial charge is 0.330 e. The third kappa shape index (κ3) is 10.4.